The molecule has 1 saturated carbocycles. The van der Waals surface area contributed by atoms with E-state index in [9.17, 15) is 14.9 Å². The summed E-state index contributed by atoms with van der Waals surface area (Å²) >= 11 is 6.02. The van der Waals surface area contributed by atoms with E-state index in [2.05, 4.69) is 5.32 Å². The van der Waals surface area contributed by atoms with Crippen molar-refractivity contribution in [3.63, 3.8) is 0 Å². The molecule has 0 amide bonds. The Kier molecular flexibility index (Phi) is 4.44. The van der Waals surface area contributed by atoms with Crippen LogP contribution in [0.4, 0.5) is 11.4 Å². The normalized spacial score (nSPS) is 21.5. The average Bonchev–Trinajstić information content (AvgIpc) is 2.88. The summed E-state index contributed by atoms with van der Waals surface area (Å²) in [4.78, 5) is 21.6. The summed E-state index contributed by atoms with van der Waals surface area (Å²) in [6, 6.07) is 4.43. The third kappa shape index (κ3) is 3.19. The molecule has 1 N–H and O–H groups in total. The summed E-state index contributed by atoms with van der Waals surface area (Å²) in [6.07, 6.45) is 2.29. The molecule has 0 saturated heterocycles. The van der Waals surface area contributed by atoms with E-state index in [0.717, 1.165) is 12.8 Å². The number of nitro benzene ring substituents is 1. The van der Waals surface area contributed by atoms with Gasteiger partial charge < -0.3 is 10.1 Å². The second kappa shape index (κ2) is 6.09. The van der Waals surface area contributed by atoms with Crippen molar-refractivity contribution in [1.29, 1.82) is 0 Å². The van der Waals surface area contributed by atoms with Gasteiger partial charge in [0, 0.05) is 18.2 Å². The van der Waals surface area contributed by atoms with Gasteiger partial charge in [-0.25, -0.2) is 0 Å². The third-order valence-electron chi connectivity index (χ3n) is 3.49. The smallest absolute Gasteiger partial charge is 0.308 e. The highest BCUT2D eigenvalue weighted by molar-refractivity contribution is 6.33. The zero-order chi connectivity index (χ0) is 14.7. The largest absolute Gasteiger partial charge is 0.469 e. The topological polar surface area (TPSA) is 81.5 Å². The number of methoxy groups -OCH3 is 1. The van der Waals surface area contributed by atoms with E-state index in [1.807, 2.05) is 0 Å². The number of carbonyl (C=O) groups is 1. The maximum Gasteiger partial charge on any atom is 0.308 e. The van der Waals surface area contributed by atoms with E-state index < -0.39 is 4.92 Å². The standard InChI is InChI=1S/C13H15ClN2O4/c1-20-13(17)8-2-3-9(6-8)15-12-5-4-10(16(18)19)7-11(12)14/h4-5,7-9,15H,2-3,6H2,1H3/t8-,9+/m0/s1. The van der Waals surface area contributed by atoms with Crippen LogP contribution in [0.1, 0.15) is 19.3 Å². The quantitative estimate of drug-likeness (QED) is 0.525. The number of rotatable bonds is 4. The van der Waals surface area contributed by atoms with Gasteiger partial charge in [0.1, 0.15) is 0 Å². The molecule has 0 aliphatic heterocycles. The average molecular weight is 299 g/mol. The molecule has 1 aromatic carbocycles. The van der Waals surface area contributed by atoms with Crippen LogP contribution in [0, 0.1) is 16.0 Å². The Morgan fingerprint density at radius 2 is 2.25 bits per heavy atom. The minimum Gasteiger partial charge on any atom is -0.469 e. The lowest BCUT2D eigenvalue weighted by Gasteiger charge is -2.15. The lowest BCUT2D eigenvalue weighted by atomic mass is 10.1. The molecule has 20 heavy (non-hydrogen) atoms. The molecule has 0 bridgehead atoms. The second-order valence-corrected chi connectivity index (χ2v) is 5.20. The first-order valence-corrected chi connectivity index (χ1v) is 6.67. The van der Waals surface area contributed by atoms with Gasteiger partial charge in [0.25, 0.3) is 5.69 Å². The van der Waals surface area contributed by atoms with E-state index in [-0.39, 0.29) is 23.6 Å². The number of nitrogens with one attached hydrogen (secondary N) is 1. The number of hydrogen-bond donors (Lipinski definition) is 1. The van der Waals surface area contributed by atoms with Gasteiger partial charge in [0.05, 0.1) is 28.7 Å². The zero-order valence-corrected chi connectivity index (χ0v) is 11.7. The van der Waals surface area contributed by atoms with Crippen LogP contribution in [0.3, 0.4) is 0 Å². The number of non-ortho nitro benzene ring substituents is 1. The van der Waals surface area contributed by atoms with Gasteiger partial charge in [0.15, 0.2) is 0 Å². The van der Waals surface area contributed by atoms with Crippen molar-refractivity contribution in [2.24, 2.45) is 5.92 Å². The van der Waals surface area contributed by atoms with Gasteiger partial charge in [-0.05, 0) is 25.3 Å². The van der Waals surface area contributed by atoms with E-state index in [4.69, 9.17) is 16.3 Å². The summed E-state index contributed by atoms with van der Waals surface area (Å²) in [5, 5.41) is 14.2. The maximum atomic E-state index is 11.4. The Morgan fingerprint density at radius 3 is 2.85 bits per heavy atom. The van der Waals surface area contributed by atoms with Crippen LogP contribution in [0.25, 0.3) is 0 Å². The molecule has 7 heteroatoms. The molecule has 0 spiro atoms. The minimum atomic E-state index is -0.488. The van der Waals surface area contributed by atoms with Gasteiger partial charge >= 0.3 is 5.97 Å². The fourth-order valence-corrected chi connectivity index (χ4v) is 2.68. The number of anilines is 1. The number of benzene rings is 1. The molecule has 0 aromatic heterocycles. The highest BCUT2D eigenvalue weighted by atomic mass is 35.5. The van der Waals surface area contributed by atoms with Crippen molar-refractivity contribution in [3.8, 4) is 0 Å². The maximum absolute atomic E-state index is 11.4. The first-order valence-electron chi connectivity index (χ1n) is 6.29. The lowest BCUT2D eigenvalue weighted by molar-refractivity contribution is -0.384. The number of hydrogen-bond acceptors (Lipinski definition) is 5. The van der Waals surface area contributed by atoms with Gasteiger partial charge in [-0.3, -0.25) is 14.9 Å². The van der Waals surface area contributed by atoms with E-state index >= 15 is 0 Å². The first kappa shape index (κ1) is 14.6. The Balaban J connectivity index is 2.01. The molecule has 108 valence electrons. The number of ether oxygens (including phenoxy) is 1. The predicted octanol–water partition coefficient (Wildman–Crippen LogP) is 3.00. The van der Waals surface area contributed by atoms with Crippen LogP contribution in [0.2, 0.25) is 5.02 Å². The minimum absolute atomic E-state index is 0.0422. The van der Waals surface area contributed by atoms with Crippen LogP contribution in [-0.2, 0) is 9.53 Å². The number of halogens is 1. The predicted molar refractivity (Wildman–Crippen MR) is 74.9 cm³/mol. The highest BCUT2D eigenvalue weighted by Gasteiger charge is 2.30. The fourth-order valence-electron chi connectivity index (χ4n) is 2.45. The number of nitrogens with zero attached hydrogens (tertiary/aromatic N) is 1. The summed E-state index contributed by atoms with van der Waals surface area (Å²) in [5.74, 6) is -0.279. The van der Waals surface area contributed by atoms with Crippen molar-refractivity contribution >= 4 is 28.9 Å². The number of nitro groups is 1. The molecule has 2 atom stereocenters. The summed E-state index contributed by atoms with van der Waals surface area (Å²) in [5.41, 5.74) is 0.604. The molecule has 6 nitrogen and oxygen atoms in total. The van der Waals surface area contributed by atoms with Gasteiger partial charge in [-0.15, -0.1) is 0 Å². The van der Waals surface area contributed by atoms with Gasteiger partial charge in [0.2, 0.25) is 0 Å². The molecular formula is C13H15ClN2O4. The second-order valence-electron chi connectivity index (χ2n) is 4.80. The number of carbonyl (C=O) groups excluding carboxylic acids is 1. The molecule has 1 aliphatic carbocycles. The highest BCUT2D eigenvalue weighted by Crippen LogP contribution is 2.32. The summed E-state index contributed by atoms with van der Waals surface area (Å²) in [7, 11) is 1.39. The van der Waals surface area contributed by atoms with Crippen molar-refractivity contribution in [2.75, 3.05) is 12.4 Å². The van der Waals surface area contributed by atoms with Crippen molar-refractivity contribution in [2.45, 2.75) is 25.3 Å². The summed E-state index contributed by atoms with van der Waals surface area (Å²) in [6.45, 7) is 0. The van der Waals surface area contributed by atoms with E-state index in [0.29, 0.717) is 17.1 Å². The fraction of sp³-hybridized carbons (Fsp3) is 0.462. The first-order chi connectivity index (χ1) is 9.51. The van der Waals surface area contributed by atoms with Gasteiger partial charge in [-0.1, -0.05) is 11.6 Å². The van der Waals surface area contributed by atoms with Gasteiger partial charge in [-0.2, -0.15) is 0 Å². The molecule has 1 fully saturated rings. The van der Waals surface area contributed by atoms with Crippen LogP contribution in [0.5, 0.6) is 0 Å². The SMILES string of the molecule is COC(=O)[C@H]1CC[C@@H](Nc2ccc([N+](=O)[O-])cc2Cl)C1. The molecule has 0 radical (unpaired) electrons. The van der Waals surface area contributed by atoms with Crippen molar-refractivity contribution in [1.82, 2.24) is 0 Å². The molecule has 1 aliphatic rings. The third-order valence-corrected chi connectivity index (χ3v) is 3.80. The molecule has 1 aromatic rings. The van der Waals surface area contributed by atoms with Crippen molar-refractivity contribution in [3.05, 3.63) is 33.3 Å². The van der Waals surface area contributed by atoms with E-state index in [1.165, 1.54) is 19.2 Å². The van der Waals surface area contributed by atoms with Crippen LogP contribution in [-0.4, -0.2) is 24.0 Å². The molecule has 2 rings (SSSR count). The Labute approximate surface area is 121 Å². The summed E-state index contributed by atoms with van der Waals surface area (Å²) < 4.78 is 4.73. The van der Waals surface area contributed by atoms with Crippen LogP contribution >= 0.6 is 11.6 Å². The lowest BCUT2D eigenvalue weighted by Crippen LogP contribution is -2.19. The zero-order valence-electron chi connectivity index (χ0n) is 11.0. The Hall–Kier alpha value is -1.82. The number of esters is 1. The van der Waals surface area contributed by atoms with Crippen LogP contribution < -0.4 is 5.32 Å². The monoisotopic (exact) mass is 298 g/mol. The Morgan fingerprint density at radius 1 is 1.50 bits per heavy atom. The van der Waals surface area contributed by atoms with Crippen LogP contribution in [0.15, 0.2) is 18.2 Å². The Bertz CT molecular complexity index is 535. The molecule has 0 heterocycles. The van der Waals surface area contributed by atoms with Crippen molar-refractivity contribution < 1.29 is 14.5 Å². The van der Waals surface area contributed by atoms with E-state index in [1.54, 1.807) is 6.07 Å². The molecular weight excluding hydrogens is 284 g/mol. The molecule has 0 unspecified atom stereocenters.